The number of halogens is 3. The summed E-state index contributed by atoms with van der Waals surface area (Å²) in [6, 6.07) is 1.23. The molecule has 0 fully saturated rings. The lowest BCUT2D eigenvalue weighted by Gasteiger charge is -2.06. The van der Waals surface area contributed by atoms with Crippen molar-refractivity contribution >= 4 is 27.5 Å². The van der Waals surface area contributed by atoms with Crippen LogP contribution in [-0.4, -0.2) is 12.2 Å². The predicted octanol–water partition coefficient (Wildman–Crippen LogP) is 2.96. The first kappa shape index (κ1) is 9.61. The molecular formula is C7H5BrClFO2. The number of rotatable bonds is 1. The lowest BCUT2D eigenvalue weighted by Crippen LogP contribution is -1.88. The van der Waals surface area contributed by atoms with Gasteiger partial charge in [-0.15, -0.1) is 0 Å². The molecule has 1 aromatic rings. The molecule has 12 heavy (non-hydrogen) atoms. The van der Waals surface area contributed by atoms with Crippen LogP contribution in [0.25, 0.3) is 0 Å². The highest BCUT2D eigenvalue weighted by molar-refractivity contribution is 9.10. The lowest BCUT2D eigenvalue weighted by molar-refractivity contribution is 0.401. The molecule has 2 nitrogen and oxygen atoms in total. The number of benzene rings is 1. The van der Waals surface area contributed by atoms with Gasteiger partial charge in [-0.25, -0.2) is 4.39 Å². The quantitative estimate of drug-likeness (QED) is 0.782. The normalized spacial score (nSPS) is 10.0. The second-order valence-corrected chi connectivity index (χ2v) is 3.21. The van der Waals surface area contributed by atoms with E-state index in [-0.39, 0.29) is 21.0 Å². The van der Waals surface area contributed by atoms with Gasteiger partial charge in [-0.3, -0.25) is 0 Å². The number of aromatic hydroxyl groups is 1. The van der Waals surface area contributed by atoms with Crippen LogP contribution < -0.4 is 4.74 Å². The van der Waals surface area contributed by atoms with Crippen molar-refractivity contribution in [3.8, 4) is 11.5 Å². The Kier molecular flexibility index (Phi) is 2.80. The van der Waals surface area contributed by atoms with E-state index in [1.54, 1.807) is 0 Å². The molecule has 0 amide bonds. The van der Waals surface area contributed by atoms with E-state index in [0.29, 0.717) is 0 Å². The van der Waals surface area contributed by atoms with Crippen LogP contribution in [0.15, 0.2) is 10.5 Å². The Bertz CT molecular complexity index is 317. The summed E-state index contributed by atoms with van der Waals surface area (Å²) in [7, 11) is 1.34. The molecule has 0 aliphatic rings. The Morgan fingerprint density at radius 2 is 2.25 bits per heavy atom. The molecule has 66 valence electrons. The Hall–Kier alpha value is -0.480. The van der Waals surface area contributed by atoms with Crippen molar-refractivity contribution in [3.05, 3.63) is 21.4 Å². The molecule has 0 radical (unpaired) electrons. The number of hydrogen-bond donors (Lipinski definition) is 1. The van der Waals surface area contributed by atoms with Gasteiger partial charge in [-0.1, -0.05) is 11.6 Å². The summed E-state index contributed by atoms with van der Waals surface area (Å²) < 4.78 is 17.7. The molecule has 0 heterocycles. The Morgan fingerprint density at radius 1 is 1.67 bits per heavy atom. The van der Waals surface area contributed by atoms with E-state index in [2.05, 4.69) is 15.9 Å². The molecule has 0 saturated carbocycles. The third-order valence-electron chi connectivity index (χ3n) is 1.31. The van der Waals surface area contributed by atoms with Gasteiger partial charge in [-0.2, -0.15) is 0 Å². The molecule has 0 aliphatic heterocycles. The third kappa shape index (κ3) is 1.49. The summed E-state index contributed by atoms with van der Waals surface area (Å²) in [5.41, 5.74) is 0. The van der Waals surface area contributed by atoms with E-state index >= 15 is 0 Å². The van der Waals surface area contributed by atoms with E-state index in [1.807, 2.05) is 0 Å². The molecule has 0 aliphatic carbocycles. The lowest BCUT2D eigenvalue weighted by atomic mass is 10.3. The van der Waals surface area contributed by atoms with Gasteiger partial charge in [0, 0.05) is 6.07 Å². The highest BCUT2D eigenvalue weighted by Crippen LogP contribution is 2.38. The van der Waals surface area contributed by atoms with Crippen LogP contribution in [0, 0.1) is 5.82 Å². The van der Waals surface area contributed by atoms with Crippen LogP contribution >= 0.6 is 27.5 Å². The minimum absolute atomic E-state index is 0.0618. The average molecular weight is 255 g/mol. The number of phenolic OH excluding ortho intramolecular Hbond substituents is 1. The highest BCUT2D eigenvalue weighted by atomic mass is 79.9. The van der Waals surface area contributed by atoms with Gasteiger partial charge in [-0.05, 0) is 15.9 Å². The van der Waals surface area contributed by atoms with Crippen LogP contribution in [0.3, 0.4) is 0 Å². The van der Waals surface area contributed by atoms with E-state index in [1.165, 1.54) is 13.2 Å². The monoisotopic (exact) mass is 254 g/mol. The maximum atomic E-state index is 13.0. The number of phenols is 1. The van der Waals surface area contributed by atoms with E-state index < -0.39 is 5.82 Å². The molecular weight excluding hydrogens is 250 g/mol. The summed E-state index contributed by atoms with van der Waals surface area (Å²) in [6.07, 6.45) is 0. The molecule has 0 aromatic heterocycles. The SMILES string of the molecule is COc1cc(O)c(Br)c(F)c1Cl. The number of methoxy groups -OCH3 is 1. The molecule has 0 saturated heterocycles. The van der Waals surface area contributed by atoms with Gasteiger partial charge in [0.2, 0.25) is 0 Å². The third-order valence-corrected chi connectivity index (χ3v) is 2.42. The van der Waals surface area contributed by atoms with Crippen molar-refractivity contribution in [2.45, 2.75) is 0 Å². The van der Waals surface area contributed by atoms with Gasteiger partial charge in [0.05, 0.1) is 11.6 Å². The van der Waals surface area contributed by atoms with Crippen LogP contribution in [-0.2, 0) is 0 Å². The van der Waals surface area contributed by atoms with Crippen molar-refractivity contribution < 1.29 is 14.2 Å². The molecule has 0 spiro atoms. The van der Waals surface area contributed by atoms with Gasteiger partial charge >= 0.3 is 0 Å². The van der Waals surface area contributed by atoms with Crippen LogP contribution in [0.5, 0.6) is 11.5 Å². The standard InChI is InChI=1S/C7H5BrClFO2/c1-12-4-2-3(11)5(8)7(10)6(4)9/h2,11H,1H3. The van der Waals surface area contributed by atoms with E-state index in [0.717, 1.165) is 0 Å². The summed E-state index contributed by atoms with van der Waals surface area (Å²) in [5.74, 6) is -0.864. The van der Waals surface area contributed by atoms with E-state index in [4.69, 9.17) is 21.4 Å². The minimum atomic E-state index is -0.728. The average Bonchev–Trinajstić information content (AvgIpc) is 2.08. The zero-order valence-corrected chi connectivity index (χ0v) is 8.41. The van der Waals surface area contributed by atoms with Gasteiger partial charge in [0.25, 0.3) is 0 Å². The molecule has 0 atom stereocenters. The minimum Gasteiger partial charge on any atom is -0.507 e. The van der Waals surface area contributed by atoms with Crippen molar-refractivity contribution in [2.75, 3.05) is 7.11 Å². The topological polar surface area (TPSA) is 29.5 Å². The zero-order chi connectivity index (χ0) is 9.30. The van der Waals surface area contributed by atoms with Crippen molar-refractivity contribution in [3.63, 3.8) is 0 Å². The number of hydrogen-bond acceptors (Lipinski definition) is 2. The smallest absolute Gasteiger partial charge is 0.163 e. The molecule has 1 aromatic carbocycles. The van der Waals surface area contributed by atoms with Gasteiger partial charge in [0.1, 0.15) is 16.5 Å². The Morgan fingerprint density at radius 3 is 2.75 bits per heavy atom. The van der Waals surface area contributed by atoms with Crippen molar-refractivity contribution in [2.24, 2.45) is 0 Å². The summed E-state index contributed by atoms with van der Waals surface area (Å²) >= 11 is 8.36. The van der Waals surface area contributed by atoms with Crippen molar-refractivity contribution in [1.29, 1.82) is 0 Å². The van der Waals surface area contributed by atoms with Crippen LogP contribution in [0.2, 0.25) is 5.02 Å². The fourth-order valence-corrected chi connectivity index (χ4v) is 1.37. The summed E-state index contributed by atoms with van der Waals surface area (Å²) in [4.78, 5) is 0. The number of ether oxygens (including phenoxy) is 1. The molecule has 1 N–H and O–H groups in total. The van der Waals surface area contributed by atoms with Crippen molar-refractivity contribution in [1.82, 2.24) is 0 Å². The fourth-order valence-electron chi connectivity index (χ4n) is 0.716. The highest BCUT2D eigenvalue weighted by Gasteiger charge is 2.14. The molecule has 0 unspecified atom stereocenters. The molecule has 5 heteroatoms. The zero-order valence-electron chi connectivity index (χ0n) is 6.07. The second-order valence-electron chi connectivity index (χ2n) is 2.04. The summed E-state index contributed by atoms with van der Waals surface area (Å²) in [5, 5.41) is 8.96. The molecule has 0 bridgehead atoms. The van der Waals surface area contributed by atoms with Crippen LogP contribution in [0.4, 0.5) is 4.39 Å². The maximum Gasteiger partial charge on any atom is 0.163 e. The Balaban J connectivity index is 3.39. The van der Waals surface area contributed by atoms with E-state index in [9.17, 15) is 4.39 Å². The van der Waals surface area contributed by atoms with Gasteiger partial charge in [0.15, 0.2) is 5.82 Å². The first-order valence-electron chi connectivity index (χ1n) is 2.98. The second kappa shape index (κ2) is 3.49. The predicted molar refractivity (Wildman–Crippen MR) is 47.3 cm³/mol. The van der Waals surface area contributed by atoms with Crippen LogP contribution in [0.1, 0.15) is 0 Å². The fraction of sp³-hybridized carbons (Fsp3) is 0.143. The molecule has 1 rings (SSSR count). The first-order chi connectivity index (χ1) is 5.57. The maximum absolute atomic E-state index is 13.0. The van der Waals surface area contributed by atoms with Gasteiger partial charge < -0.3 is 9.84 Å². The largest absolute Gasteiger partial charge is 0.507 e. The first-order valence-corrected chi connectivity index (χ1v) is 4.15. The Labute approximate surface area is 82.0 Å². The summed E-state index contributed by atoms with van der Waals surface area (Å²) in [6.45, 7) is 0.